The summed E-state index contributed by atoms with van der Waals surface area (Å²) in [7, 11) is 2.99. The van der Waals surface area contributed by atoms with Crippen LogP contribution in [-0.2, 0) is 32.0 Å². The molecule has 1 aliphatic heterocycles. The molecule has 3 rings (SSSR count). The van der Waals surface area contributed by atoms with Gasteiger partial charge in [-0.05, 0) is 61.1 Å². The Morgan fingerprint density at radius 3 is 1.82 bits per heavy atom. The molecule has 10 nitrogen and oxygen atoms in total. The lowest BCUT2D eigenvalue weighted by Gasteiger charge is -2.16. The zero-order chi connectivity index (χ0) is 25.3. The maximum Gasteiger partial charge on any atom is 0.309 e. The van der Waals surface area contributed by atoms with Crippen LogP contribution >= 0.6 is 0 Å². The fourth-order valence-corrected chi connectivity index (χ4v) is 3.51. The molecule has 0 bridgehead atoms. The van der Waals surface area contributed by atoms with Gasteiger partial charge in [-0.25, -0.2) is 0 Å². The Morgan fingerprint density at radius 1 is 0.912 bits per heavy atom. The van der Waals surface area contributed by atoms with Crippen molar-refractivity contribution in [3.63, 3.8) is 0 Å². The Hall–Kier alpha value is -3.95. The third kappa shape index (κ3) is 7.58. The van der Waals surface area contributed by atoms with Crippen LogP contribution in [-0.4, -0.2) is 48.9 Å². The molecule has 0 aliphatic carbocycles. The van der Waals surface area contributed by atoms with Crippen LogP contribution in [0.3, 0.4) is 0 Å². The van der Waals surface area contributed by atoms with Crippen LogP contribution in [0.25, 0.3) is 0 Å². The largest absolute Gasteiger partial charge is 0.550 e. The van der Waals surface area contributed by atoms with Gasteiger partial charge in [-0.15, -0.1) is 0 Å². The van der Waals surface area contributed by atoms with Crippen molar-refractivity contribution in [3.05, 3.63) is 47.5 Å². The molecule has 0 unspecified atom stereocenters. The number of phenolic OH excluding ortho intramolecular Hbond substituents is 2. The Labute approximate surface area is 196 Å². The number of carboxylic acids is 2. The SMILES string of the molecule is COc1cc(C[C@H]2COC(=O)[C@@H]2Cc2ccc(O)c(OC)c2)ccc1O.O=C([O-])CCC(=O)[O-]. The maximum absolute atomic E-state index is 12.2. The van der Waals surface area contributed by atoms with E-state index in [1.54, 1.807) is 30.3 Å². The highest BCUT2D eigenvalue weighted by Gasteiger charge is 2.37. The summed E-state index contributed by atoms with van der Waals surface area (Å²) >= 11 is 0. The summed E-state index contributed by atoms with van der Waals surface area (Å²) in [5.41, 5.74) is 1.87. The summed E-state index contributed by atoms with van der Waals surface area (Å²) in [5.74, 6) is -2.25. The Balaban J connectivity index is 0.000000440. The number of hydrogen-bond acceptors (Lipinski definition) is 10. The predicted octanol–water partition coefficient (Wildman–Crippen LogP) is -0.0442. The zero-order valence-corrected chi connectivity index (χ0v) is 18.8. The molecule has 2 N–H and O–H groups in total. The smallest absolute Gasteiger partial charge is 0.309 e. The molecule has 1 aliphatic rings. The van der Waals surface area contributed by atoms with Gasteiger partial charge in [0.05, 0.1) is 26.7 Å². The number of aliphatic carboxylic acids is 2. The summed E-state index contributed by atoms with van der Waals surface area (Å²) in [4.78, 5) is 31.2. The van der Waals surface area contributed by atoms with Gasteiger partial charge in [-0.2, -0.15) is 0 Å². The van der Waals surface area contributed by atoms with Crippen LogP contribution in [0.2, 0.25) is 0 Å². The normalized spacial score (nSPS) is 16.7. The molecule has 0 saturated carbocycles. The highest BCUT2D eigenvalue weighted by molar-refractivity contribution is 5.75. The number of hydrogen-bond donors (Lipinski definition) is 2. The van der Waals surface area contributed by atoms with Gasteiger partial charge in [-0.1, -0.05) is 12.1 Å². The van der Waals surface area contributed by atoms with Gasteiger partial charge in [-0.3, -0.25) is 4.79 Å². The van der Waals surface area contributed by atoms with Gasteiger partial charge in [0.15, 0.2) is 23.0 Å². The van der Waals surface area contributed by atoms with E-state index in [1.807, 2.05) is 6.07 Å². The van der Waals surface area contributed by atoms with Crippen LogP contribution in [0.4, 0.5) is 0 Å². The minimum absolute atomic E-state index is 0.0246. The van der Waals surface area contributed by atoms with Crippen LogP contribution in [0.15, 0.2) is 36.4 Å². The number of carboxylic acid groups (broad SMARTS) is 2. The molecule has 2 aromatic carbocycles. The summed E-state index contributed by atoms with van der Waals surface area (Å²) in [5, 5.41) is 38.4. The third-order valence-corrected chi connectivity index (χ3v) is 5.29. The van der Waals surface area contributed by atoms with Gasteiger partial charge in [0, 0.05) is 17.9 Å². The number of esters is 1. The minimum atomic E-state index is -1.37. The van der Waals surface area contributed by atoms with Crippen LogP contribution in [0, 0.1) is 11.8 Å². The van der Waals surface area contributed by atoms with Crippen molar-refractivity contribution < 1.29 is 49.0 Å². The second-order valence-electron chi connectivity index (χ2n) is 7.66. The van der Waals surface area contributed by atoms with Gasteiger partial charge < -0.3 is 44.2 Å². The molecular formula is C24H26O10-2. The van der Waals surface area contributed by atoms with E-state index in [9.17, 15) is 34.8 Å². The standard InChI is InChI=1S/C20H22O6.C4H6O4/c1-24-18-9-12(3-5-16(18)21)7-14-11-26-20(23)15(14)8-13-4-6-17(22)19(10-13)25-2;5-3(6)1-2-4(7)8/h3-6,9-10,14-15,21-22H,7-8,11H2,1-2H3;1-2H2,(H,5,6)(H,7,8)/p-2/t14-,15+;/m0./s1. The van der Waals surface area contributed by atoms with Crippen LogP contribution < -0.4 is 19.7 Å². The fraction of sp³-hybridized carbons (Fsp3) is 0.375. The Kier molecular flexibility index (Phi) is 9.54. The minimum Gasteiger partial charge on any atom is -0.550 e. The average molecular weight is 474 g/mol. The molecule has 1 heterocycles. The van der Waals surface area contributed by atoms with E-state index in [1.165, 1.54) is 14.2 Å². The lowest BCUT2D eigenvalue weighted by molar-refractivity contribution is -0.315. The van der Waals surface area contributed by atoms with Gasteiger partial charge in [0.1, 0.15) is 0 Å². The summed E-state index contributed by atoms with van der Waals surface area (Å²) in [6.45, 7) is 0.363. The molecule has 1 fully saturated rings. The van der Waals surface area contributed by atoms with Gasteiger partial charge in [0.25, 0.3) is 0 Å². The molecule has 2 aromatic rings. The number of benzene rings is 2. The van der Waals surface area contributed by atoms with E-state index in [0.717, 1.165) is 11.1 Å². The van der Waals surface area contributed by atoms with Gasteiger partial charge >= 0.3 is 5.97 Å². The van der Waals surface area contributed by atoms with E-state index in [2.05, 4.69) is 0 Å². The number of cyclic esters (lactones) is 1. The van der Waals surface area contributed by atoms with Crippen molar-refractivity contribution in [1.82, 2.24) is 0 Å². The molecule has 0 aromatic heterocycles. The third-order valence-electron chi connectivity index (χ3n) is 5.29. The first-order valence-electron chi connectivity index (χ1n) is 10.4. The molecule has 0 radical (unpaired) electrons. The van der Waals surface area contributed by atoms with Crippen LogP contribution in [0.5, 0.6) is 23.0 Å². The van der Waals surface area contributed by atoms with E-state index in [-0.39, 0.29) is 29.3 Å². The monoisotopic (exact) mass is 474 g/mol. The van der Waals surface area contributed by atoms with Crippen molar-refractivity contribution in [2.75, 3.05) is 20.8 Å². The quantitative estimate of drug-likeness (QED) is 0.471. The predicted molar refractivity (Wildman–Crippen MR) is 114 cm³/mol. The Bertz CT molecular complexity index is 1000. The van der Waals surface area contributed by atoms with Crippen molar-refractivity contribution in [2.24, 2.45) is 11.8 Å². The number of methoxy groups -OCH3 is 2. The number of rotatable bonds is 9. The zero-order valence-electron chi connectivity index (χ0n) is 18.8. The maximum atomic E-state index is 12.2. The van der Waals surface area contributed by atoms with E-state index in [4.69, 9.17) is 14.2 Å². The molecular weight excluding hydrogens is 448 g/mol. The van der Waals surface area contributed by atoms with Crippen molar-refractivity contribution >= 4 is 17.9 Å². The first-order chi connectivity index (χ1) is 16.1. The second kappa shape index (κ2) is 12.3. The summed E-state index contributed by atoms with van der Waals surface area (Å²) in [6, 6.07) is 10.3. The highest BCUT2D eigenvalue weighted by Crippen LogP contribution is 2.34. The van der Waals surface area contributed by atoms with Gasteiger partial charge in [0.2, 0.25) is 0 Å². The number of aromatic hydroxyl groups is 2. The number of ether oxygens (including phenoxy) is 3. The summed E-state index contributed by atoms with van der Waals surface area (Å²) < 4.78 is 15.6. The molecule has 2 atom stereocenters. The first-order valence-corrected chi connectivity index (χ1v) is 10.4. The van der Waals surface area contributed by atoms with Crippen molar-refractivity contribution in [2.45, 2.75) is 25.7 Å². The molecule has 0 amide bonds. The fourth-order valence-electron chi connectivity index (χ4n) is 3.51. The highest BCUT2D eigenvalue weighted by atomic mass is 16.5. The van der Waals surface area contributed by atoms with E-state index in [0.29, 0.717) is 30.9 Å². The number of carbonyl (C=O) groups excluding carboxylic acids is 3. The van der Waals surface area contributed by atoms with Crippen molar-refractivity contribution in [1.29, 1.82) is 0 Å². The lowest BCUT2D eigenvalue weighted by Crippen LogP contribution is -2.27. The summed E-state index contributed by atoms with van der Waals surface area (Å²) in [6.07, 6.45) is 0.211. The molecule has 1 saturated heterocycles. The Morgan fingerprint density at radius 2 is 1.38 bits per heavy atom. The first kappa shape index (κ1) is 26.3. The van der Waals surface area contributed by atoms with Crippen molar-refractivity contribution in [3.8, 4) is 23.0 Å². The van der Waals surface area contributed by atoms with E-state index < -0.39 is 24.8 Å². The topological polar surface area (TPSA) is 165 Å². The second-order valence-corrected chi connectivity index (χ2v) is 7.66. The van der Waals surface area contributed by atoms with E-state index >= 15 is 0 Å². The molecule has 10 heteroatoms. The molecule has 0 spiro atoms. The number of phenols is 2. The van der Waals surface area contributed by atoms with Crippen LogP contribution in [0.1, 0.15) is 24.0 Å². The molecule has 184 valence electrons. The molecule has 34 heavy (non-hydrogen) atoms. The average Bonchev–Trinajstić information content (AvgIpc) is 3.14. The number of carbonyl (C=O) groups is 3. The lowest BCUT2D eigenvalue weighted by atomic mass is 9.85.